The number of nitriles is 1. The summed E-state index contributed by atoms with van der Waals surface area (Å²) in [6.45, 7) is 0. The molecule has 0 aliphatic rings. The molecule has 2 aromatic carbocycles. The third-order valence-corrected chi connectivity index (χ3v) is 4.71. The van der Waals surface area contributed by atoms with Gasteiger partial charge in [-0.3, -0.25) is 4.79 Å². The Morgan fingerprint density at radius 1 is 1.27 bits per heavy atom. The predicted octanol–water partition coefficient (Wildman–Crippen LogP) is 4.26. The SMILES string of the molecule is COc1cccc(-c2nc(CCC(=O)Nc3ccc(C#N)cc3)cs2)c1. The molecule has 26 heavy (non-hydrogen) atoms. The molecule has 6 heteroatoms. The Labute approximate surface area is 155 Å². The number of ether oxygens (including phenoxy) is 1. The minimum absolute atomic E-state index is 0.0781. The number of aryl methyl sites for hydroxylation is 1. The number of hydrogen-bond acceptors (Lipinski definition) is 5. The summed E-state index contributed by atoms with van der Waals surface area (Å²) in [6.07, 6.45) is 0.921. The first-order chi connectivity index (χ1) is 12.7. The van der Waals surface area contributed by atoms with Crippen molar-refractivity contribution in [3.63, 3.8) is 0 Å². The molecule has 0 fully saturated rings. The van der Waals surface area contributed by atoms with Gasteiger partial charge in [-0.05, 0) is 42.8 Å². The zero-order valence-corrected chi connectivity index (χ0v) is 15.0. The summed E-state index contributed by atoms with van der Waals surface area (Å²) >= 11 is 1.55. The fraction of sp³-hybridized carbons (Fsp3) is 0.150. The molecular weight excluding hydrogens is 346 g/mol. The van der Waals surface area contributed by atoms with E-state index in [9.17, 15) is 4.79 Å². The van der Waals surface area contributed by atoms with Crippen LogP contribution < -0.4 is 10.1 Å². The number of benzene rings is 2. The van der Waals surface area contributed by atoms with Gasteiger partial charge in [0.15, 0.2) is 0 Å². The monoisotopic (exact) mass is 363 g/mol. The van der Waals surface area contributed by atoms with Crippen LogP contribution in [0.1, 0.15) is 17.7 Å². The summed E-state index contributed by atoms with van der Waals surface area (Å²) in [7, 11) is 1.64. The molecule has 0 saturated heterocycles. The highest BCUT2D eigenvalue weighted by Gasteiger charge is 2.08. The molecule has 1 aromatic heterocycles. The van der Waals surface area contributed by atoms with Crippen LogP contribution in [0.25, 0.3) is 10.6 Å². The van der Waals surface area contributed by atoms with Gasteiger partial charge >= 0.3 is 0 Å². The molecule has 3 aromatic rings. The average Bonchev–Trinajstić information content (AvgIpc) is 3.16. The molecule has 1 N–H and O–H groups in total. The summed E-state index contributed by atoms with van der Waals surface area (Å²) in [4.78, 5) is 16.7. The molecule has 0 atom stereocenters. The molecule has 1 heterocycles. The Balaban J connectivity index is 1.57. The van der Waals surface area contributed by atoms with E-state index >= 15 is 0 Å². The van der Waals surface area contributed by atoms with Crippen LogP contribution in [0.2, 0.25) is 0 Å². The van der Waals surface area contributed by atoms with E-state index in [2.05, 4.69) is 10.3 Å². The normalized spacial score (nSPS) is 10.2. The van der Waals surface area contributed by atoms with Gasteiger partial charge in [-0.15, -0.1) is 11.3 Å². The van der Waals surface area contributed by atoms with E-state index in [-0.39, 0.29) is 5.91 Å². The van der Waals surface area contributed by atoms with Gasteiger partial charge in [-0.1, -0.05) is 12.1 Å². The molecule has 0 saturated carbocycles. The van der Waals surface area contributed by atoms with Crippen LogP contribution in [0.5, 0.6) is 5.75 Å². The van der Waals surface area contributed by atoms with Crippen molar-refractivity contribution in [3.8, 4) is 22.4 Å². The smallest absolute Gasteiger partial charge is 0.224 e. The number of nitrogens with zero attached hydrogens (tertiary/aromatic N) is 2. The fourth-order valence-electron chi connectivity index (χ4n) is 2.40. The summed E-state index contributed by atoms with van der Waals surface area (Å²) in [5.74, 6) is 0.715. The largest absolute Gasteiger partial charge is 0.497 e. The Bertz CT molecular complexity index is 942. The lowest BCUT2D eigenvalue weighted by molar-refractivity contribution is -0.116. The molecule has 5 nitrogen and oxygen atoms in total. The van der Waals surface area contributed by atoms with Crippen molar-refractivity contribution in [1.82, 2.24) is 4.98 Å². The maximum atomic E-state index is 12.1. The van der Waals surface area contributed by atoms with E-state index in [0.29, 0.717) is 24.1 Å². The predicted molar refractivity (Wildman–Crippen MR) is 102 cm³/mol. The van der Waals surface area contributed by atoms with Crippen molar-refractivity contribution < 1.29 is 9.53 Å². The number of methoxy groups -OCH3 is 1. The highest BCUT2D eigenvalue weighted by Crippen LogP contribution is 2.27. The van der Waals surface area contributed by atoms with Crippen LogP contribution >= 0.6 is 11.3 Å². The number of anilines is 1. The number of aromatic nitrogens is 1. The fourth-order valence-corrected chi connectivity index (χ4v) is 3.25. The van der Waals surface area contributed by atoms with E-state index in [1.165, 1.54) is 0 Å². The Morgan fingerprint density at radius 2 is 2.08 bits per heavy atom. The van der Waals surface area contributed by atoms with Crippen molar-refractivity contribution in [2.45, 2.75) is 12.8 Å². The molecule has 130 valence electrons. The van der Waals surface area contributed by atoms with Gasteiger partial charge in [0.25, 0.3) is 0 Å². The minimum Gasteiger partial charge on any atom is -0.497 e. The molecule has 0 radical (unpaired) electrons. The second-order valence-electron chi connectivity index (χ2n) is 5.61. The maximum absolute atomic E-state index is 12.1. The number of rotatable bonds is 6. The second-order valence-corrected chi connectivity index (χ2v) is 6.47. The average molecular weight is 363 g/mol. The molecule has 0 bridgehead atoms. The first-order valence-electron chi connectivity index (χ1n) is 8.07. The number of nitrogens with one attached hydrogen (secondary N) is 1. The van der Waals surface area contributed by atoms with E-state index < -0.39 is 0 Å². The summed E-state index contributed by atoms with van der Waals surface area (Å²) < 4.78 is 5.24. The standard InChI is InChI=1S/C20H17N3O2S/c1-25-18-4-2-3-15(11-18)20-23-17(13-26-20)9-10-19(24)22-16-7-5-14(12-21)6-8-16/h2-8,11,13H,9-10H2,1H3,(H,22,24). The molecule has 3 rings (SSSR count). The van der Waals surface area contributed by atoms with E-state index in [0.717, 1.165) is 22.0 Å². The number of thiazole rings is 1. The molecule has 1 amide bonds. The Kier molecular flexibility index (Phi) is 5.62. The number of hydrogen-bond donors (Lipinski definition) is 1. The van der Waals surface area contributed by atoms with Gasteiger partial charge in [0.1, 0.15) is 10.8 Å². The van der Waals surface area contributed by atoms with Crippen molar-refractivity contribution in [2.75, 3.05) is 12.4 Å². The molecule has 0 spiro atoms. The van der Waals surface area contributed by atoms with Gasteiger partial charge in [0.05, 0.1) is 24.4 Å². The number of amides is 1. The third kappa shape index (κ3) is 4.47. The third-order valence-electron chi connectivity index (χ3n) is 3.77. The van der Waals surface area contributed by atoms with Crippen LogP contribution in [0.15, 0.2) is 53.9 Å². The van der Waals surface area contributed by atoms with Crippen LogP contribution in [0.3, 0.4) is 0 Å². The highest BCUT2D eigenvalue weighted by atomic mass is 32.1. The molecular formula is C20H17N3O2S. The lowest BCUT2D eigenvalue weighted by atomic mass is 10.2. The molecule has 0 aliphatic heterocycles. The summed E-state index contributed by atoms with van der Waals surface area (Å²) in [5, 5.41) is 14.5. The van der Waals surface area contributed by atoms with Crippen molar-refractivity contribution in [2.24, 2.45) is 0 Å². The van der Waals surface area contributed by atoms with E-state index in [1.54, 1.807) is 42.7 Å². The first-order valence-corrected chi connectivity index (χ1v) is 8.95. The van der Waals surface area contributed by atoms with E-state index in [1.807, 2.05) is 35.7 Å². The van der Waals surface area contributed by atoms with Crippen molar-refractivity contribution in [3.05, 3.63) is 65.2 Å². The Hall–Kier alpha value is -3.17. The van der Waals surface area contributed by atoms with Gasteiger partial charge in [0, 0.05) is 23.1 Å². The molecule has 0 aliphatic carbocycles. The van der Waals surface area contributed by atoms with Gasteiger partial charge in [0.2, 0.25) is 5.91 Å². The number of carbonyl (C=O) groups excluding carboxylic acids is 1. The zero-order chi connectivity index (χ0) is 18.4. The van der Waals surface area contributed by atoms with Crippen molar-refractivity contribution in [1.29, 1.82) is 5.26 Å². The number of carbonyl (C=O) groups is 1. The highest BCUT2D eigenvalue weighted by molar-refractivity contribution is 7.13. The van der Waals surface area contributed by atoms with Crippen molar-refractivity contribution >= 4 is 22.9 Å². The summed E-state index contributed by atoms with van der Waals surface area (Å²) in [6, 6.07) is 16.6. The zero-order valence-electron chi connectivity index (χ0n) is 14.2. The van der Waals surface area contributed by atoms with Crippen LogP contribution in [0.4, 0.5) is 5.69 Å². The lowest BCUT2D eigenvalue weighted by Crippen LogP contribution is -2.12. The topological polar surface area (TPSA) is 75.0 Å². The van der Waals surface area contributed by atoms with Crippen LogP contribution in [-0.4, -0.2) is 18.0 Å². The van der Waals surface area contributed by atoms with Crippen LogP contribution in [-0.2, 0) is 11.2 Å². The minimum atomic E-state index is -0.0781. The summed E-state index contributed by atoms with van der Waals surface area (Å²) in [5.41, 5.74) is 3.14. The van der Waals surface area contributed by atoms with Gasteiger partial charge < -0.3 is 10.1 Å². The van der Waals surface area contributed by atoms with Crippen LogP contribution in [0, 0.1) is 11.3 Å². The second kappa shape index (κ2) is 8.28. The molecule has 0 unspecified atom stereocenters. The Morgan fingerprint density at radius 3 is 2.81 bits per heavy atom. The maximum Gasteiger partial charge on any atom is 0.224 e. The lowest BCUT2D eigenvalue weighted by Gasteiger charge is -2.04. The van der Waals surface area contributed by atoms with Gasteiger partial charge in [-0.2, -0.15) is 5.26 Å². The van der Waals surface area contributed by atoms with Gasteiger partial charge in [-0.25, -0.2) is 4.98 Å². The first kappa shape index (κ1) is 17.6. The van der Waals surface area contributed by atoms with E-state index in [4.69, 9.17) is 10.00 Å². The quantitative estimate of drug-likeness (QED) is 0.710.